The van der Waals surface area contributed by atoms with Gasteiger partial charge in [-0.15, -0.1) is 0 Å². The molecule has 0 saturated carbocycles. The Balaban J connectivity index is 1.73. The predicted octanol–water partition coefficient (Wildman–Crippen LogP) is 3.54. The zero-order valence-corrected chi connectivity index (χ0v) is 14.9. The molecule has 2 aromatic rings. The van der Waals surface area contributed by atoms with Crippen LogP contribution in [0.2, 0.25) is 0 Å². The third-order valence-corrected chi connectivity index (χ3v) is 4.90. The zero-order valence-electron chi connectivity index (χ0n) is 14.9. The number of hydrogen-bond acceptors (Lipinski definition) is 3. The van der Waals surface area contributed by atoms with Crippen molar-refractivity contribution in [2.75, 3.05) is 25.5 Å². The molecule has 1 fully saturated rings. The molecule has 2 atom stereocenters. The van der Waals surface area contributed by atoms with Crippen LogP contribution in [0.1, 0.15) is 42.5 Å². The molecule has 3 rings (SSSR count). The minimum atomic E-state index is -0.747. The molecule has 2 aromatic carbocycles. The monoisotopic (exact) mass is 338 g/mol. The average Bonchev–Trinajstić information content (AvgIpc) is 3.12. The summed E-state index contributed by atoms with van der Waals surface area (Å²) in [4.78, 5) is 16.8. The highest BCUT2D eigenvalue weighted by molar-refractivity contribution is 5.78. The van der Waals surface area contributed by atoms with Crippen molar-refractivity contribution in [1.82, 2.24) is 4.90 Å². The van der Waals surface area contributed by atoms with E-state index >= 15 is 0 Å². The van der Waals surface area contributed by atoms with Crippen molar-refractivity contribution >= 4 is 11.6 Å². The summed E-state index contributed by atoms with van der Waals surface area (Å²) in [5, 5.41) is 10.4. The molecule has 0 radical (unpaired) electrons. The molecule has 0 spiro atoms. The van der Waals surface area contributed by atoms with Crippen LogP contribution >= 0.6 is 0 Å². The van der Waals surface area contributed by atoms with Gasteiger partial charge in [-0.3, -0.25) is 4.79 Å². The fourth-order valence-corrected chi connectivity index (χ4v) is 3.50. The van der Waals surface area contributed by atoms with Crippen molar-refractivity contribution in [2.45, 2.75) is 31.4 Å². The van der Waals surface area contributed by atoms with Gasteiger partial charge in [-0.25, -0.2) is 0 Å². The van der Waals surface area contributed by atoms with Crippen molar-refractivity contribution in [1.29, 1.82) is 0 Å². The van der Waals surface area contributed by atoms with E-state index in [1.807, 2.05) is 55.4 Å². The summed E-state index contributed by atoms with van der Waals surface area (Å²) < 4.78 is 0. The molecule has 0 bridgehead atoms. The summed E-state index contributed by atoms with van der Waals surface area (Å²) in [6.45, 7) is 0.761. The van der Waals surface area contributed by atoms with Gasteiger partial charge in [0.2, 0.25) is 5.91 Å². The Bertz CT molecular complexity index is 715. The number of carbonyl (C=O) groups excluding carboxylic acids is 1. The van der Waals surface area contributed by atoms with Gasteiger partial charge in [0, 0.05) is 26.3 Å². The molecule has 4 heteroatoms. The summed E-state index contributed by atoms with van der Waals surface area (Å²) >= 11 is 0. The maximum absolute atomic E-state index is 12.8. The number of carbonyl (C=O) groups is 1. The fourth-order valence-electron chi connectivity index (χ4n) is 3.50. The summed E-state index contributed by atoms with van der Waals surface area (Å²) in [7, 11) is 4.04. The average molecular weight is 338 g/mol. The molecule has 1 saturated heterocycles. The Kier molecular flexibility index (Phi) is 5.39. The van der Waals surface area contributed by atoms with E-state index in [-0.39, 0.29) is 18.4 Å². The molecule has 1 amide bonds. The molecular weight excluding hydrogens is 312 g/mol. The lowest BCUT2D eigenvalue weighted by Crippen LogP contribution is -2.31. The molecular formula is C21H26N2O2. The first-order valence-electron chi connectivity index (χ1n) is 8.86. The van der Waals surface area contributed by atoms with E-state index in [9.17, 15) is 9.90 Å². The zero-order chi connectivity index (χ0) is 17.8. The number of aliphatic hydroxyl groups is 1. The van der Waals surface area contributed by atoms with Gasteiger partial charge < -0.3 is 14.9 Å². The van der Waals surface area contributed by atoms with E-state index in [0.717, 1.165) is 30.6 Å². The van der Waals surface area contributed by atoms with E-state index in [0.29, 0.717) is 0 Å². The normalized spacial score (nSPS) is 18.2. The Morgan fingerprint density at radius 2 is 1.96 bits per heavy atom. The number of benzene rings is 2. The Hall–Kier alpha value is -2.33. The van der Waals surface area contributed by atoms with Gasteiger partial charge in [0.05, 0.1) is 18.6 Å². The van der Waals surface area contributed by atoms with Crippen LogP contribution in [0, 0.1) is 0 Å². The van der Waals surface area contributed by atoms with Crippen LogP contribution in [0.25, 0.3) is 0 Å². The molecule has 0 aliphatic carbocycles. The fraction of sp³-hybridized carbons (Fsp3) is 0.381. The molecule has 1 aliphatic heterocycles. The lowest BCUT2D eigenvalue weighted by molar-refractivity contribution is -0.134. The van der Waals surface area contributed by atoms with Gasteiger partial charge in [0.25, 0.3) is 0 Å². The van der Waals surface area contributed by atoms with Crippen molar-refractivity contribution in [3.63, 3.8) is 0 Å². The van der Waals surface area contributed by atoms with Crippen LogP contribution in [0.15, 0.2) is 54.6 Å². The number of hydrogen-bond donors (Lipinski definition) is 1. The number of likely N-dealkylation sites (tertiary alicyclic amines) is 1. The van der Waals surface area contributed by atoms with E-state index < -0.39 is 6.10 Å². The summed E-state index contributed by atoms with van der Waals surface area (Å²) in [5.41, 5.74) is 3.11. The van der Waals surface area contributed by atoms with Crippen LogP contribution < -0.4 is 4.90 Å². The topological polar surface area (TPSA) is 43.8 Å². The quantitative estimate of drug-likeness (QED) is 0.907. The highest BCUT2D eigenvalue weighted by Crippen LogP contribution is 2.34. The van der Waals surface area contributed by atoms with Gasteiger partial charge >= 0.3 is 0 Å². The smallest absolute Gasteiger partial charge is 0.226 e. The maximum Gasteiger partial charge on any atom is 0.226 e. The lowest BCUT2D eigenvalue weighted by atomic mass is 10.0. The van der Waals surface area contributed by atoms with Crippen molar-refractivity contribution in [2.24, 2.45) is 0 Å². The number of aliphatic hydroxyl groups excluding tert-OH is 1. The second-order valence-corrected chi connectivity index (χ2v) is 6.87. The molecule has 25 heavy (non-hydrogen) atoms. The first-order chi connectivity index (χ1) is 12.1. The van der Waals surface area contributed by atoms with Crippen LogP contribution in [0.4, 0.5) is 5.69 Å². The molecule has 132 valence electrons. The largest absolute Gasteiger partial charge is 0.388 e. The Morgan fingerprint density at radius 3 is 2.68 bits per heavy atom. The standard InChI is InChI=1S/C21H26N2O2/c1-22(2)18-11-6-10-17(14-18)19-12-7-13-23(19)21(25)15-20(24)16-8-4-3-5-9-16/h3-6,8-11,14,19-20,24H,7,12-13,15H2,1-2H3. The van der Waals surface area contributed by atoms with Crippen molar-refractivity contribution < 1.29 is 9.90 Å². The maximum atomic E-state index is 12.8. The summed E-state index contributed by atoms with van der Waals surface area (Å²) in [6, 6.07) is 17.9. The SMILES string of the molecule is CN(C)c1cccc(C2CCCN2C(=O)CC(O)c2ccccc2)c1. The highest BCUT2D eigenvalue weighted by atomic mass is 16.3. The number of anilines is 1. The van der Waals surface area contributed by atoms with E-state index in [1.165, 1.54) is 5.56 Å². The van der Waals surface area contributed by atoms with E-state index in [2.05, 4.69) is 23.1 Å². The molecule has 1 N–H and O–H groups in total. The second kappa shape index (κ2) is 7.70. The number of amides is 1. The van der Waals surface area contributed by atoms with Gasteiger partial charge in [-0.2, -0.15) is 0 Å². The van der Waals surface area contributed by atoms with Crippen molar-refractivity contribution in [3.8, 4) is 0 Å². The van der Waals surface area contributed by atoms with E-state index in [4.69, 9.17) is 0 Å². The van der Waals surface area contributed by atoms with E-state index in [1.54, 1.807) is 0 Å². The van der Waals surface area contributed by atoms with Crippen LogP contribution in [-0.2, 0) is 4.79 Å². The first kappa shape index (κ1) is 17.5. The van der Waals surface area contributed by atoms with Crippen LogP contribution in [0.5, 0.6) is 0 Å². The number of rotatable bonds is 5. The van der Waals surface area contributed by atoms with Crippen LogP contribution in [-0.4, -0.2) is 36.6 Å². The van der Waals surface area contributed by atoms with Gasteiger partial charge in [-0.1, -0.05) is 42.5 Å². The second-order valence-electron chi connectivity index (χ2n) is 6.87. The minimum absolute atomic E-state index is 0.0223. The Morgan fingerprint density at radius 1 is 1.20 bits per heavy atom. The predicted molar refractivity (Wildman–Crippen MR) is 100 cm³/mol. The first-order valence-corrected chi connectivity index (χ1v) is 8.86. The third kappa shape index (κ3) is 4.02. The molecule has 4 nitrogen and oxygen atoms in total. The van der Waals surface area contributed by atoms with Crippen molar-refractivity contribution in [3.05, 3.63) is 65.7 Å². The molecule has 2 unspecified atom stereocenters. The number of nitrogens with zero attached hydrogens (tertiary/aromatic N) is 2. The third-order valence-electron chi connectivity index (χ3n) is 4.90. The van der Waals surface area contributed by atoms with Gasteiger partial charge in [0.1, 0.15) is 0 Å². The molecule has 1 aliphatic rings. The lowest BCUT2D eigenvalue weighted by Gasteiger charge is -2.27. The van der Waals surface area contributed by atoms with Gasteiger partial charge in [-0.05, 0) is 36.1 Å². The minimum Gasteiger partial charge on any atom is -0.388 e. The van der Waals surface area contributed by atoms with Crippen LogP contribution in [0.3, 0.4) is 0 Å². The van der Waals surface area contributed by atoms with Gasteiger partial charge in [0.15, 0.2) is 0 Å². The summed E-state index contributed by atoms with van der Waals surface area (Å²) in [6.07, 6.45) is 1.37. The molecule has 0 aromatic heterocycles. The summed E-state index contributed by atoms with van der Waals surface area (Å²) in [5.74, 6) is 0.0223. The Labute approximate surface area is 149 Å². The molecule has 1 heterocycles. The highest BCUT2D eigenvalue weighted by Gasteiger charge is 2.31.